The lowest BCUT2D eigenvalue weighted by Gasteiger charge is -2.63. The van der Waals surface area contributed by atoms with Crippen molar-refractivity contribution in [2.75, 3.05) is 7.11 Å². The fourth-order valence-corrected chi connectivity index (χ4v) is 14.2. The quantitative estimate of drug-likeness (QED) is 0.135. The van der Waals surface area contributed by atoms with Crippen LogP contribution in [0.5, 0.6) is 5.95 Å². The maximum absolute atomic E-state index is 13.4. The maximum Gasteiger partial charge on any atom is 0.270 e. The first-order valence-electron chi connectivity index (χ1n) is 19.8. The van der Waals surface area contributed by atoms with Gasteiger partial charge in [-0.2, -0.15) is 0 Å². The average molecular weight is 765 g/mol. The molecule has 1 aliphatic heterocycles. The number of hydrogen-bond donors (Lipinski definition) is 1. The third-order valence-corrected chi connectivity index (χ3v) is 16.1. The lowest BCUT2D eigenvalue weighted by Crippen LogP contribution is -2.64. The number of rotatable bonds is 11. The summed E-state index contributed by atoms with van der Waals surface area (Å²) in [6, 6.07) is 2.07. The Bertz CT molecular complexity index is 1380. The largest absolute Gasteiger partial charge is 0.519 e. The first kappa shape index (κ1) is 39.8. The summed E-state index contributed by atoms with van der Waals surface area (Å²) in [5.74, 6) is 1.30. The highest BCUT2D eigenvalue weighted by molar-refractivity contribution is 6.70. The number of methoxy groups -OCH3 is 1. The zero-order chi connectivity index (χ0) is 37.4. The van der Waals surface area contributed by atoms with Crippen molar-refractivity contribution >= 4 is 31.2 Å². The Labute approximate surface area is 310 Å². The van der Waals surface area contributed by atoms with E-state index in [2.05, 4.69) is 78.8 Å². The molecule has 13 atom stereocenters. The Morgan fingerprint density at radius 3 is 2.16 bits per heavy atom. The Hall–Kier alpha value is -0.839. The number of carbonyl (C=O) groups excluding carboxylic acids is 1. The number of ether oxygens (including phenoxy) is 3. The molecule has 51 heavy (non-hydrogen) atoms. The number of furan rings is 1. The van der Waals surface area contributed by atoms with Gasteiger partial charge in [-0.05, 0) is 153 Å². The van der Waals surface area contributed by atoms with Crippen LogP contribution >= 0.6 is 0 Å². The smallest absolute Gasteiger partial charge is 0.270 e. The predicted molar refractivity (Wildman–Crippen MR) is 205 cm³/mol. The van der Waals surface area contributed by atoms with Crippen LogP contribution in [-0.2, 0) is 27.9 Å². The van der Waals surface area contributed by atoms with Crippen molar-refractivity contribution in [2.24, 2.45) is 28.6 Å². The lowest BCUT2D eigenvalue weighted by molar-refractivity contribution is -0.306. The third-order valence-electron chi connectivity index (χ3n) is 13.3. The van der Waals surface area contributed by atoms with Crippen LogP contribution in [0.25, 0.3) is 0 Å². The number of carbonyl (C=O) groups is 1. The second kappa shape index (κ2) is 14.0. The van der Waals surface area contributed by atoms with E-state index in [1.807, 2.05) is 6.26 Å². The molecular formula is C39H68O9Si3. The van der Waals surface area contributed by atoms with Crippen LogP contribution in [0.15, 0.2) is 16.7 Å². The van der Waals surface area contributed by atoms with E-state index < -0.39 is 48.4 Å². The van der Waals surface area contributed by atoms with Crippen molar-refractivity contribution in [3.05, 3.63) is 17.9 Å². The third kappa shape index (κ3) is 7.57. The fourth-order valence-electron chi connectivity index (χ4n) is 11.3. The summed E-state index contributed by atoms with van der Waals surface area (Å²) in [6.07, 6.45) is 9.15. The van der Waals surface area contributed by atoms with Crippen LogP contribution in [0.3, 0.4) is 0 Å². The standard InChI is InChI=1S/C39H68O9Si3/c1-25-33(47-50(7,8)9)34(42-3)35(48-51(10,11)12)36(44-25)45-28-15-19-38(24-40)27(22-28)13-14-31-30(38)16-18-37(2)29(17-20-39(31,37)41)26-21-32(43-23-26)46-49(4,5)6/h21,23-25,27-31,33-36,41H,13-20,22H2,1-12H3/t25-,27+,28-,29+,30-,31+,33-,34+,35-,36-,37+,38+,39-/m0/s1. The average Bonchev–Trinajstić information content (AvgIpc) is 3.57. The number of hydrogen-bond acceptors (Lipinski definition) is 9. The van der Waals surface area contributed by atoms with Gasteiger partial charge in [-0.3, -0.25) is 0 Å². The monoisotopic (exact) mass is 764 g/mol. The van der Waals surface area contributed by atoms with E-state index in [1.165, 1.54) is 6.29 Å². The van der Waals surface area contributed by atoms with E-state index >= 15 is 0 Å². The first-order chi connectivity index (χ1) is 23.6. The van der Waals surface area contributed by atoms with Gasteiger partial charge in [0.2, 0.25) is 8.32 Å². The summed E-state index contributed by atoms with van der Waals surface area (Å²) in [7, 11) is -3.97. The van der Waals surface area contributed by atoms with Crippen LogP contribution in [-0.4, -0.2) is 85.9 Å². The highest BCUT2D eigenvalue weighted by Crippen LogP contribution is 2.70. The van der Waals surface area contributed by atoms with Gasteiger partial charge < -0.3 is 41.8 Å². The molecule has 1 aromatic heterocycles. The van der Waals surface area contributed by atoms with Crippen molar-refractivity contribution in [3.63, 3.8) is 0 Å². The van der Waals surface area contributed by atoms with Crippen LogP contribution in [0.2, 0.25) is 58.9 Å². The normalized spacial score (nSPS) is 43.2. The molecule has 0 radical (unpaired) electrons. The molecule has 0 aromatic carbocycles. The minimum Gasteiger partial charge on any atom is -0.519 e. The minimum absolute atomic E-state index is 0.0435. The van der Waals surface area contributed by atoms with Gasteiger partial charge in [0.05, 0.1) is 30.2 Å². The summed E-state index contributed by atoms with van der Waals surface area (Å²) in [6.45, 7) is 24.0. The fraction of sp³-hybridized carbons (Fsp3) is 0.872. The van der Waals surface area contributed by atoms with E-state index in [1.54, 1.807) is 7.11 Å². The first-order valence-corrected chi connectivity index (χ1v) is 30.0. The van der Waals surface area contributed by atoms with Crippen LogP contribution < -0.4 is 4.43 Å². The molecule has 9 nitrogen and oxygen atoms in total. The second-order valence-electron chi connectivity index (χ2n) is 19.9. The number of aliphatic hydroxyl groups is 1. The topological polar surface area (TPSA) is 106 Å². The molecule has 290 valence electrons. The summed E-state index contributed by atoms with van der Waals surface area (Å²) in [5, 5.41) is 12.8. The van der Waals surface area contributed by atoms with E-state index in [0.29, 0.717) is 5.95 Å². The van der Waals surface area contributed by atoms with Crippen LogP contribution in [0, 0.1) is 28.6 Å². The zero-order valence-corrected chi connectivity index (χ0v) is 36.6. The molecule has 1 saturated heterocycles. The molecule has 0 unspecified atom stereocenters. The van der Waals surface area contributed by atoms with E-state index in [9.17, 15) is 9.90 Å². The molecule has 6 rings (SSSR count). The Morgan fingerprint density at radius 2 is 1.53 bits per heavy atom. The molecule has 12 heteroatoms. The van der Waals surface area contributed by atoms with Crippen molar-refractivity contribution in [2.45, 2.75) is 179 Å². The number of aldehydes is 1. The summed E-state index contributed by atoms with van der Waals surface area (Å²) < 4.78 is 45.2. The molecule has 1 aromatic rings. The highest BCUT2D eigenvalue weighted by Gasteiger charge is 2.68. The van der Waals surface area contributed by atoms with Crippen molar-refractivity contribution in [1.29, 1.82) is 0 Å². The molecule has 2 heterocycles. The van der Waals surface area contributed by atoms with E-state index in [-0.39, 0.29) is 53.5 Å². The van der Waals surface area contributed by atoms with Crippen LogP contribution in [0.4, 0.5) is 0 Å². The molecule has 4 saturated carbocycles. The summed E-state index contributed by atoms with van der Waals surface area (Å²) in [5.41, 5.74) is -0.391. The second-order valence-corrected chi connectivity index (χ2v) is 33.3. The minimum atomic E-state index is -2.01. The van der Waals surface area contributed by atoms with Crippen molar-refractivity contribution in [3.8, 4) is 5.95 Å². The Balaban J connectivity index is 1.18. The number of fused-ring (bicyclic) bond motifs is 5. The highest BCUT2D eigenvalue weighted by atomic mass is 28.4. The van der Waals surface area contributed by atoms with Gasteiger partial charge in [0, 0.05) is 24.0 Å². The van der Waals surface area contributed by atoms with Gasteiger partial charge in [-0.1, -0.05) is 6.92 Å². The van der Waals surface area contributed by atoms with E-state index in [4.69, 9.17) is 31.9 Å². The maximum atomic E-state index is 13.4. The van der Waals surface area contributed by atoms with Gasteiger partial charge in [0.1, 0.15) is 18.5 Å². The Kier molecular flexibility index (Phi) is 11.0. The predicted octanol–water partition coefficient (Wildman–Crippen LogP) is 8.50. The van der Waals surface area contributed by atoms with Gasteiger partial charge in [0.15, 0.2) is 22.9 Å². The van der Waals surface area contributed by atoms with Gasteiger partial charge in [-0.25, -0.2) is 0 Å². The SMILES string of the molecule is CO[C@H]1[C@H](O[Si](C)(C)C)[C@H](O[C@H]2CC[C@@]3(C=O)[C@H](CC[C@@H]4[C@@H]3CC[C@]3(C)[C@@H](c5coc(O[Si](C)(C)C)c5)CC[C@]43O)C2)O[C@@H](C)[C@@H]1O[Si](C)(C)C. The van der Waals surface area contributed by atoms with Gasteiger partial charge >= 0.3 is 0 Å². The zero-order valence-electron chi connectivity index (χ0n) is 33.6. The summed E-state index contributed by atoms with van der Waals surface area (Å²) in [4.78, 5) is 13.4. The molecule has 0 bridgehead atoms. The van der Waals surface area contributed by atoms with Crippen molar-refractivity contribution < 1.29 is 41.8 Å². The molecule has 0 amide bonds. The van der Waals surface area contributed by atoms with Crippen molar-refractivity contribution in [1.82, 2.24) is 0 Å². The molecule has 0 spiro atoms. The molecular weight excluding hydrogens is 697 g/mol. The summed E-state index contributed by atoms with van der Waals surface area (Å²) >= 11 is 0. The van der Waals surface area contributed by atoms with Gasteiger partial charge in [0.25, 0.3) is 5.95 Å². The molecule has 5 aliphatic rings. The van der Waals surface area contributed by atoms with Gasteiger partial charge in [-0.15, -0.1) is 0 Å². The van der Waals surface area contributed by atoms with E-state index in [0.717, 1.165) is 63.4 Å². The van der Waals surface area contributed by atoms with Crippen LogP contribution in [0.1, 0.15) is 83.1 Å². The Morgan fingerprint density at radius 1 is 0.843 bits per heavy atom. The molecule has 4 aliphatic carbocycles. The lowest BCUT2D eigenvalue weighted by atomic mass is 9.43. The molecule has 5 fully saturated rings. The molecule has 1 N–H and O–H groups in total.